The maximum atomic E-state index is 11.0. The summed E-state index contributed by atoms with van der Waals surface area (Å²) in [4.78, 5) is 11.0. The van der Waals surface area contributed by atoms with Crippen molar-refractivity contribution in [3.8, 4) is 0 Å². The van der Waals surface area contributed by atoms with Gasteiger partial charge in [0.2, 0.25) is 0 Å². The van der Waals surface area contributed by atoms with E-state index in [9.17, 15) is 4.79 Å². The zero-order valence-electron chi connectivity index (χ0n) is 15.1. The molecule has 0 unspecified atom stereocenters. The Morgan fingerprint density at radius 2 is 1.50 bits per heavy atom. The number of rotatable bonds is 14. The van der Waals surface area contributed by atoms with Crippen LogP contribution in [0.4, 0.5) is 0 Å². The average Bonchev–Trinajstić information content (AvgIpc) is 2.52. The predicted octanol–water partition coefficient (Wildman–Crippen LogP) is 6.35. The second-order valence-electron chi connectivity index (χ2n) is 6.18. The molecule has 0 aromatic carbocycles. The molecule has 128 valence electrons. The van der Waals surface area contributed by atoms with Crippen molar-refractivity contribution in [3.05, 3.63) is 17.4 Å². The Morgan fingerprint density at radius 3 is 2.18 bits per heavy atom. The number of esters is 1. The van der Waals surface area contributed by atoms with Gasteiger partial charge in [-0.3, -0.25) is 4.79 Å². The van der Waals surface area contributed by atoms with Crippen molar-refractivity contribution in [1.82, 2.24) is 0 Å². The lowest BCUT2D eigenvalue weighted by molar-refractivity contribution is -0.140. The lowest BCUT2D eigenvalue weighted by Gasteiger charge is -2.01. The maximum Gasteiger partial charge on any atom is 0.305 e. The van der Waals surface area contributed by atoms with E-state index in [1.165, 1.54) is 70.5 Å². The van der Waals surface area contributed by atoms with Gasteiger partial charge in [-0.15, -0.1) is 5.73 Å². The van der Waals surface area contributed by atoms with Gasteiger partial charge in [0.25, 0.3) is 0 Å². The first-order chi connectivity index (χ1) is 10.7. The highest BCUT2D eigenvalue weighted by atomic mass is 16.5. The summed E-state index contributed by atoms with van der Waals surface area (Å²) in [6.07, 6.45) is 17.6. The van der Waals surface area contributed by atoms with E-state index in [1.807, 2.05) is 0 Å². The van der Waals surface area contributed by atoms with Gasteiger partial charge in [0.15, 0.2) is 0 Å². The third kappa shape index (κ3) is 15.4. The molecule has 0 radical (unpaired) electrons. The van der Waals surface area contributed by atoms with E-state index in [0.29, 0.717) is 6.42 Å². The SMILES string of the molecule is CCCCCCCC=C=C(C)CCCCCCCC(=O)OC. The van der Waals surface area contributed by atoms with E-state index in [-0.39, 0.29) is 5.97 Å². The summed E-state index contributed by atoms with van der Waals surface area (Å²) in [7, 11) is 1.45. The third-order valence-corrected chi connectivity index (χ3v) is 3.96. The third-order valence-electron chi connectivity index (χ3n) is 3.96. The van der Waals surface area contributed by atoms with Gasteiger partial charge < -0.3 is 4.74 Å². The highest BCUT2D eigenvalue weighted by Crippen LogP contribution is 2.11. The normalized spacial score (nSPS) is 10.1. The van der Waals surface area contributed by atoms with Gasteiger partial charge in [-0.1, -0.05) is 51.9 Å². The molecule has 0 spiro atoms. The molecular formula is C20H36O2. The highest BCUT2D eigenvalue weighted by Gasteiger charge is 1.99. The van der Waals surface area contributed by atoms with Crippen molar-refractivity contribution in [2.75, 3.05) is 7.11 Å². The lowest BCUT2D eigenvalue weighted by Crippen LogP contribution is -1.99. The van der Waals surface area contributed by atoms with Crippen LogP contribution >= 0.6 is 0 Å². The molecule has 2 nitrogen and oxygen atoms in total. The molecule has 0 atom stereocenters. The average molecular weight is 309 g/mol. The minimum Gasteiger partial charge on any atom is -0.469 e. The van der Waals surface area contributed by atoms with Crippen LogP contribution in [0.3, 0.4) is 0 Å². The summed E-state index contributed by atoms with van der Waals surface area (Å²) < 4.78 is 4.63. The van der Waals surface area contributed by atoms with Crippen molar-refractivity contribution >= 4 is 5.97 Å². The highest BCUT2D eigenvalue weighted by molar-refractivity contribution is 5.68. The molecule has 0 aliphatic heterocycles. The van der Waals surface area contributed by atoms with Crippen LogP contribution in [-0.4, -0.2) is 13.1 Å². The number of hydrogen-bond acceptors (Lipinski definition) is 2. The zero-order chi connectivity index (χ0) is 16.5. The van der Waals surface area contributed by atoms with Crippen molar-refractivity contribution < 1.29 is 9.53 Å². The molecule has 0 aliphatic carbocycles. The molecule has 2 heteroatoms. The van der Waals surface area contributed by atoms with Gasteiger partial charge in [0, 0.05) is 6.42 Å². The molecule has 0 rings (SSSR count). The van der Waals surface area contributed by atoms with E-state index >= 15 is 0 Å². The van der Waals surface area contributed by atoms with Gasteiger partial charge >= 0.3 is 5.97 Å². The zero-order valence-corrected chi connectivity index (χ0v) is 15.1. The fraction of sp³-hybridized carbons (Fsp3) is 0.800. The maximum absolute atomic E-state index is 11.0. The molecule has 0 amide bonds. The van der Waals surface area contributed by atoms with Gasteiger partial charge in [-0.05, 0) is 50.7 Å². The minimum atomic E-state index is -0.0846. The van der Waals surface area contributed by atoms with Crippen molar-refractivity contribution in [2.24, 2.45) is 0 Å². The summed E-state index contributed by atoms with van der Waals surface area (Å²) in [5.41, 5.74) is 4.81. The summed E-state index contributed by atoms with van der Waals surface area (Å²) in [6.45, 7) is 4.44. The first kappa shape index (κ1) is 21.0. The first-order valence-corrected chi connectivity index (χ1v) is 9.18. The number of carbonyl (C=O) groups is 1. The second-order valence-corrected chi connectivity index (χ2v) is 6.18. The smallest absolute Gasteiger partial charge is 0.305 e. The number of methoxy groups -OCH3 is 1. The van der Waals surface area contributed by atoms with E-state index in [2.05, 4.69) is 30.4 Å². The van der Waals surface area contributed by atoms with E-state index < -0.39 is 0 Å². The Labute approximate surface area is 138 Å². The van der Waals surface area contributed by atoms with Crippen LogP contribution in [0.2, 0.25) is 0 Å². The van der Waals surface area contributed by atoms with Crippen molar-refractivity contribution in [3.63, 3.8) is 0 Å². The molecule has 0 aromatic heterocycles. The van der Waals surface area contributed by atoms with Crippen molar-refractivity contribution in [1.29, 1.82) is 0 Å². The summed E-state index contributed by atoms with van der Waals surface area (Å²) >= 11 is 0. The minimum absolute atomic E-state index is 0.0846. The van der Waals surface area contributed by atoms with Crippen LogP contribution < -0.4 is 0 Å². The standard InChI is InChI=1S/C20H36O2/c1-4-5-6-7-8-10-13-16-19(2)17-14-11-9-12-15-18-20(21)22-3/h13H,4-12,14-15,17-18H2,1-3H3. The van der Waals surface area contributed by atoms with Crippen LogP contribution in [0.15, 0.2) is 17.4 Å². The largest absolute Gasteiger partial charge is 0.469 e. The molecule has 0 saturated carbocycles. The van der Waals surface area contributed by atoms with Gasteiger partial charge in [0.05, 0.1) is 7.11 Å². The summed E-state index contributed by atoms with van der Waals surface area (Å²) in [6, 6.07) is 0. The Hall–Kier alpha value is -1.01. The summed E-state index contributed by atoms with van der Waals surface area (Å²) in [5.74, 6) is -0.0846. The Morgan fingerprint density at radius 1 is 0.909 bits per heavy atom. The van der Waals surface area contributed by atoms with Crippen LogP contribution in [0.1, 0.15) is 97.3 Å². The fourth-order valence-electron chi connectivity index (χ4n) is 2.46. The number of ether oxygens (including phenoxy) is 1. The van der Waals surface area contributed by atoms with Crippen LogP contribution in [0.25, 0.3) is 0 Å². The monoisotopic (exact) mass is 308 g/mol. The van der Waals surface area contributed by atoms with E-state index in [0.717, 1.165) is 19.3 Å². The van der Waals surface area contributed by atoms with Crippen molar-refractivity contribution in [2.45, 2.75) is 97.3 Å². The molecule has 0 aromatic rings. The lowest BCUT2D eigenvalue weighted by atomic mass is 10.1. The molecule has 0 bridgehead atoms. The van der Waals surface area contributed by atoms with Crippen LogP contribution in [-0.2, 0) is 9.53 Å². The Kier molecular flexibility index (Phi) is 15.6. The molecular weight excluding hydrogens is 272 g/mol. The van der Waals surface area contributed by atoms with Crippen LogP contribution in [0.5, 0.6) is 0 Å². The Bertz CT molecular complexity index is 325. The number of allylic oxidation sites excluding steroid dienone is 1. The molecule has 22 heavy (non-hydrogen) atoms. The molecule has 0 N–H and O–H groups in total. The number of carbonyl (C=O) groups excluding carboxylic acids is 1. The molecule has 0 fully saturated rings. The predicted molar refractivity (Wildman–Crippen MR) is 95.0 cm³/mol. The summed E-state index contributed by atoms with van der Waals surface area (Å²) in [5, 5.41) is 0. The topological polar surface area (TPSA) is 26.3 Å². The number of hydrogen-bond donors (Lipinski definition) is 0. The van der Waals surface area contributed by atoms with Gasteiger partial charge in [-0.25, -0.2) is 0 Å². The Balaban J connectivity index is 3.45. The van der Waals surface area contributed by atoms with E-state index in [1.54, 1.807) is 0 Å². The fourth-order valence-corrected chi connectivity index (χ4v) is 2.46. The molecule has 0 saturated heterocycles. The van der Waals surface area contributed by atoms with E-state index in [4.69, 9.17) is 0 Å². The molecule has 0 aliphatic rings. The van der Waals surface area contributed by atoms with Gasteiger partial charge in [-0.2, -0.15) is 0 Å². The number of unbranched alkanes of at least 4 members (excludes halogenated alkanes) is 9. The first-order valence-electron chi connectivity index (χ1n) is 9.18. The molecule has 0 heterocycles. The second kappa shape index (κ2) is 16.4. The quantitative estimate of drug-likeness (QED) is 0.212. The van der Waals surface area contributed by atoms with Crippen LogP contribution in [0, 0.1) is 0 Å². The van der Waals surface area contributed by atoms with Gasteiger partial charge in [0.1, 0.15) is 0 Å².